The summed E-state index contributed by atoms with van der Waals surface area (Å²) in [5.74, 6) is 1.02. The minimum absolute atomic E-state index is 0.0311. The third kappa shape index (κ3) is 2.55. The number of hydrogen-bond acceptors (Lipinski definition) is 4. The van der Waals surface area contributed by atoms with Gasteiger partial charge in [-0.15, -0.1) is 0 Å². The van der Waals surface area contributed by atoms with Crippen LogP contribution in [0.2, 0.25) is 0 Å². The van der Waals surface area contributed by atoms with Gasteiger partial charge < -0.3 is 14.6 Å². The molecule has 2 unspecified atom stereocenters. The standard InChI is InChI=1S/C14H21N3O3/c1-7(2)12-13(18)16-9(4)14(19)17(12)6-11-15-8(3)10(5)20-11/h7,9,12H,6H2,1-5H3,(H,16,18). The summed E-state index contributed by atoms with van der Waals surface area (Å²) in [5, 5.41) is 2.71. The Labute approximate surface area is 118 Å². The predicted molar refractivity (Wildman–Crippen MR) is 72.8 cm³/mol. The highest BCUT2D eigenvalue weighted by Crippen LogP contribution is 2.21. The molecular weight excluding hydrogens is 258 g/mol. The molecule has 0 bridgehead atoms. The molecule has 2 atom stereocenters. The van der Waals surface area contributed by atoms with Gasteiger partial charge in [-0.05, 0) is 26.7 Å². The number of aromatic nitrogens is 1. The third-order valence-electron chi connectivity index (χ3n) is 3.63. The summed E-state index contributed by atoms with van der Waals surface area (Å²) in [7, 11) is 0. The minimum atomic E-state index is -0.505. The van der Waals surface area contributed by atoms with Crippen LogP contribution in [0.1, 0.15) is 38.1 Å². The fraction of sp³-hybridized carbons (Fsp3) is 0.643. The molecule has 1 fully saturated rings. The van der Waals surface area contributed by atoms with E-state index in [2.05, 4.69) is 10.3 Å². The third-order valence-corrected chi connectivity index (χ3v) is 3.63. The Hall–Kier alpha value is -1.85. The number of nitrogens with one attached hydrogen (secondary N) is 1. The molecule has 1 aliphatic heterocycles. The van der Waals surface area contributed by atoms with Crippen molar-refractivity contribution in [2.45, 2.75) is 53.2 Å². The average molecular weight is 279 g/mol. The molecule has 2 heterocycles. The van der Waals surface area contributed by atoms with E-state index in [4.69, 9.17) is 4.42 Å². The SMILES string of the molecule is Cc1nc(CN2C(=O)C(C)NC(=O)C2C(C)C)oc1C. The highest BCUT2D eigenvalue weighted by Gasteiger charge is 2.40. The first-order chi connectivity index (χ1) is 9.31. The molecule has 2 rings (SSSR count). The quantitative estimate of drug-likeness (QED) is 0.901. The second kappa shape index (κ2) is 5.26. The van der Waals surface area contributed by atoms with E-state index in [0.717, 1.165) is 11.5 Å². The lowest BCUT2D eigenvalue weighted by atomic mass is 9.97. The van der Waals surface area contributed by atoms with E-state index in [9.17, 15) is 9.59 Å². The number of nitrogens with zero attached hydrogens (tertiary/aromatic N) is 2. The number of carbonyl (C=O) groups excluding carboxylic acids is 2. The second-order valence-electron chi connectivity index (χ2n) is 5.63. The van der Waals surface area contributed by atoms with Crippen molar-refractivity contribution in [1.29, 1.82) is 0 Å². The molecule has 0 radical (unpaired) electrons. The summed E-state index contributed by atoms with van der Waals surface area (Å²) in [4.78, 5) is 30.3. The molecule has 0 saturated carbocycles. The molecule has 110 valence electrons. The molecule has 1 aromatic heterocycles. The fourth-order valence-electron chi connectivity index (χ4n) is 2.48. The maximum atomic E-state index is 12.3. The van der Waals surface area contributed by atoms with Gasteiger partial charge in [-0.25, -0.2) is 4.98 Å². The number of hydrogen-bond donors (Lipinski definition) is 1. The lowest BCUT2D eigenvalue weighted by molar-refractivity contribution is -0.151. The molecule has 6 heteroatoms. The van der Waals surface area contributed by atoms with E-state index in [0.29, 0.717) is 5.89 Å². The number of rotatable bonds is 3. The smallest absolute Gasteiger partial charge is 0.246 e. The first-order valence-corrected chi connectivity index (χ1v) is 6.85. The molecule has 0 spiro atoms. The Morgan fingerprint density at radius 1 is 1.35 bits per heavy atom. The van der Waals surface area contributed by atoms with Crippen LogP contribution in [0, 0.1) is 19.8 Å². The van der Waals surface area contributed by atoms with Crippen LogP contribution in [0.4, 0.5) is 0 Å². The van der Waals surface area contributed by atoms with E-state index in [1.165, 1.54) is 0 Å². The highest BCUT2D eigenvalue weighted by molar-refractivity contribution is 5.96. The fourth-order valence-corrected chi connectivity index (χ4v) is 2.48. The zero-order valence-electron chi connectivity index (χ0n) is 12.6. The van der Waals surface area contributed by atoms with E-state index in [-0.39, 0.29) is 24.3 Å². The number of amides is 2. The first-order valence-electron chi connectivity index (χ1n) is 6.85. The van der Waals surface area contributed by atoms with Crippen molar-refractivity contribution < 1.29 is 14.0 Å². The minimum Gasteiger partial charge on any atom is -0.444 e. The monoisotopic (exact) mass is 279 g/mol. The van der Waals surface area contributed by atoms with Crippen LogP contribution in [0.25, 0.3) is 0 Å². The Balaban J connectivity index is 2.28. The van der Waals surface area contributed by atoms with Crippen molar-refractivity contribution in [2.75, 3.05) is 0 Å². The maximum Gasteiger partial charge on any atom is 0.246 e. The van der Waals surface area contributed by atoms with Crippen LogP contribution in [0.3, 0.4) is 0 Å². The van der Waals surface area contributed by atoms with E-state index in [1.807, 2.05) is 27.7 Å². The van der Waals surface area contributed by atoms with E-state index in [1.54, 1.807) is 11.8 Å². The number of carbonyl (C=O) groups is 2. The van der Waals surface area contributed by atoms with Crippen LogP contribution < -0.4 is 5.32 Å². The van der Waals surface area contributed by atoms with Crippen LogP contribution >= 0.6 is 0 Å². The van der Waals surface area contributed by atoms with Crippen LogP contribution in [0.15, 0.2) is 4.42 Å². The number of piperazine rings is 1. The van der Waals surface area contributed by atoms with Gasteiger partial charge in [0, 0.05) is 0 Å². The zero-order valence-corrected chi connectivity index (χ0v) is 12.6. The van der Waals surface area contributed by atoms with Crippen molar-refractivity contribution in [1.82, 2.24) is 15.2 Å². The molecule has 1 aromatic rings. The largest absolute Gasteiger partial charge is 0.444 e. The molecule has 2 amide bonds. The summed E-state index contributed by atoms with van der Waals surface area (Å²) in [6, 6.07) is -0.985. The summed E-state index contributed by atoms with van der Waals surface area (Å²) in [5.41, 5.74) is 0.808. The van der Waals surface area contributed by atoms with Crippen molar-refractivity contribution in [2.24, 2.45) is 5.92 Å². The van der Waals surface area contributed by atoms with E-state index >= 15 is 0 Å². The second-order valence-corrected chi connectivity index (χ2v) is 5.63. The Bertz CT molecular complexity index is 516. The lowest BCUT2D eigenvalue weighted by Crippen LogP contribution is -2.63. The number of aryl methyl sites for hydroxylation is 2. The van der Waals surface area contributed by atoms with Crippen molar-refractivity contribution in [3.8, 4) is 0 Å². The lowest BCUT2D eigenvalue weighted by Gasteiger charge is -2.39. The van der Waals surface area contributed by atoms with Gasteiger partial charge in [-0.3, -0.25) is 9.59 Å². The average Bonchev–Trinajstić information content (AvgIpc) is 2.64. The normalized spacial score (nSPS) is 23.4. The van der Waals surface area contributed by atoms with Crippen molar-refractivity contribution in [3.05, 3.63) is 17.3 Å². The zero-order chi connectivity index (χ0) is 15.0. The molecule has 0 aromatic carbocycles. The van der Waals surface area contributed by atoms with Crippen molar-refractivity contribution in [3.63, 3.8) is 0 Å². The Kier molecular flexibility index (Phi) is 3.83. The highest BCUT2D eigenvalue weighted by atomic mass is 16.4. The van der Waals surface area contributed by atoms with Gasteiger partial charge in [0.05, 0.1) is 12.2 Å². The Morgan fingerprint density at radius 3 is 2.50 bits per heavy atom. The molecule has 1 N–H and O–H groups in total. The van der Waals surface area contributed by atoms with Gasteiger partial charge in [0.15, 0.2) is 0 Å². The predicted octanol–water partition coefficient (Wildman–Crippen LogP) is 1.16. The topological polar surface area (TPSA) is 75.4 Å². The molecule has 0 aliphatic carbocycles. The molecular formula is C14H21N3O3. The van der Waals surface area contributed by atoms with Crippen LogP contribution in [-0.4, -0.2) is 33.8 Å². The van der Waals surface area contributed by atoms with Gasteiger partial charge in [0.2, 0.25) is 17.7 Å². The summed E-state index contributed by atoms with van der Waals surface area (Å²) in [6.45, 7) is 9.46. The molecule has 6 nitrogen and oxygen atoms in total. The number of oxazole rings is 1. The molecule has 1 aliphatic rings. The molecule has 1 saturated heterocycles. The molecule has 20 heavy (non-hydrogen) atoms. The van der Waals surface area contributed by atoms with Gasteiger partial charge >= 0.3 is 0 Å². The van der Waals surface area contributed by atoms with E-state index < -0.39 is 12.1 Å². The first kappa shape index (κ1) is 14.6. The summed E-state index contributed by atoms with van der Waals surface area (Å²) in [6.07, 6.45) is 0. The van der Waals surface area contributed by atoms with Crippen LogP contribution in [-0.2, 0) is 16.1 Å². The van der Waals surface area contributed by atoms with Gasteiger partial charge in [0.25, 0.3) is 0 Å². The summed E-state index contributed by atoms with van der Waals surface area (Å²) < 4.78 is 5.53. The summed E-state index contributed by atoms with van der Waals surface area (Å²) >= 11 is 0. The van der Waals surface area contributed by atoms with Crippen LogP contribution in [0.5, 0.6) is 0 Å². The van der Waals surface area contributed by atoms with Gasteiger partial charge in [0.1, 0.15) is 17.8 Å². The Morgan fingerprint density at radius 2 is 2.00 bits per heavy atom. The van der Waals surface area contributed by atoms with Gasteiger partial charge in [-0.2, -0.15) is 0 Å². The van der Waals surface area contributed by atoms with Crippen molar-refractivity contribution >= 4 is 11.8 Å². The van der Waals surface area contributed by atoms with Gasteiger partial charge in [-0.1, -0.05) is 13.8 Å². The maximum absolute atomic E-state index is 12.3.